The van der Waals surface area contributed by atoms with Crippen molar-refractivity contribution in [3.8, 4) is 35.0 Å². The molecule has 1 aliphatic heterocycles. The van der Waals surface area contributed by atoms with Gasteiger partial charge in [0, 0.05) is 47.6 Å². The smallest absolute Gasteiger partial charge is 0.214 e. The largest absolute Gasteiger partial charge is 0.473 e. The Morgan fingerprint density at radius 1 is 1.04 bits per heavy atom. The van der Waals surface area contributed by atoms with E-state index in [1.54, 1.807) is 18.2 Å². The molecule has 1 atom stereocenters. The van der Waals surface area contributed by atoms with Gasteiger partial charge < -0.3 is 19.1 Å². The molecule has 1 N–H and O–H groups in total. The molecule has 262 valence electrons. The van der Waals surface area contributed by atoms with Gasteiger partial charge in [-0.1, -0.05) is 51.7 Å². The van der Waals surface area contributed by atoms with Gasteiger partial charge >= 0.3 is 0 Å². The summed E-state index contributed by atoms with van der Waals surface area (Å²) < 4.78 is 59.5. The van der Waals surface area contributed by atoms with Gasteiger partial charge in [0.25, 0.3) is 0 Å². The molecule has 51 heavy (non-hydrogen) atoms. The molecule has 5 aromatic rings. The Kier molecular flexibility index (Phi) is 11.2. The van der Waals surface area contributed by atoms with E-state index in [1.807, 2.05) is 24.5 Å². The molecule has 0 aliphatic carbocycles. The predicted octanol–water partition coefficient (Wildman–Crippen LogP) is 7.58. The van der Waals surface area contributed by atoms with E-state index in [1.165, 1.54) is 24.3 Å². The summed E-state index contributed by atoms with van der Waals surface area (Å²) in [5.74, 6) is 5.02. The van der Waals surface area contributed by atoms with Crippen LogP contribution in [-0.4, -0.2) is 46.3 Å². The number of carbonyl (C=O) groups excluding carboxylic acids is 1. The molecule has 8 nitrogen and oxygen atoms in total. The number of aliphatic hydroxyl groups excluding tert-OH is 1. The van der Waals surface area contributed by atoms with Gasteiger partial charge in [0.15, 0.2) is 0 Å². The monoisotopic (exact) mass is 694 g/mol. The first-order valence-corrected chi connectivity index (χ1v) is 16.3. The van der Waals surface area contributed by atoms with Crippen molar-refractivity contribution in [1.29, 1.82) is 5.26 Å². The van der Waals surface area contributed by atoms with E-state index in [0.717, 1.165) is 31.6 Å². The number of aliphatic hydroxyl groups is 1. The number of imidazole rings is 1. The number of pyridine rings is 1. The number of rotatable bonds is 8. The molecular weight excluding hydrogens is 657 g/mol. The molecule has 0 bridgehead atoms. The average Bonchev–Trinajstić information content (AvgIpc) is 3.66. The van der Waals surface area contributed by atoms with Crippen LogP contribution in [0.1, 0.15) is 72.2 Å². The summed E-state index contributed by atoms with van der Waals surface area (Å²) in [4.78, 5) is 21.2. The molecule has 1 aliphatic rings. The molecule has 1 fully saturated rings. The topological polar surface area (TPSA) is 110 Å². The zero-order valence-corrected chi connectivity index (χ0v) is 28.9. The van der Waals surface area contributed by atoms with Crippen molar-refractivity contribution in [2.24, 2.45) is 11.3 Å². The number of aldehydes is 1. The van der Waals surface area contributed by atoms with E-state index in [-0.39, 0.29) is 64.2 Å². The number of nitriles is 1. The molecule has 0 saturated carbocycles. The van der Waals surface area contributed by atoms with Gasteiger partial charge in [0.1, 0.15) is 41.7 Å². The van der Waals surface area contributed by atoms with Crippen LogP contribution in [0.25, 0.3) is 22.3 Å². The summed E-state index contributed by atoms with van der Waals surface area (Å²) in [5.41, 5.74) is 2.52. The molecule has 6 rings (SSSR count). The van der Waals surface area contributed by atoms with E-state index in [2.05, 4.69) is 30.7 Å². The highest BCUT2D eigenvalue weighted by Crippen LogP contribution is 2.41. The van der Waals surface area contributed by atoms with E-state index >= 15 is 8.78 Å². The SMILES string of the molecule is CC(C)C#Cc1cc(C=O)cc2c1nc(Cc1cc(F)c(-c3cccc(OCc4ccc(C#N)cc4F)n3)cc1F)n2C1COCC1(C)C.CO. The lowest BCUT2D eigenvalue weighted by molar-refractivity contribution is 0.112. The molecular formula is C40H37F3N4O4. The van der Waals surface area contributed by atoms with Crippen molar-refractivity contribution in [3.05, 3.63) is 112 Å². The predicted molar refractivity (Wildman–Crippen MR) is 186 cm³/mol. The van der Waals surface area contributed by atoms with Crippen LogP contribution >= 0.6 is 0 Å². The van der Waals surface area contributed by atoms with Crippen LogP contribution in [0, 0.1) is 52.0 Å². The van der Waals surface area contributed by atoms with Crippen LogP contribution < -0.4 is 4.74 Å². The highest BCUT2D eigenvalue weighted by molar-refractivity contribution is 5.90. The lowest BCUT2D eigenvalue weighted by Crippen LogP contribution is -2.27. The fourth-order valence-electron chi connectivity index (χ4n) is 5.92. The highest BCUT2D eigenvalue weighted by atomic mass is 19.1. The summed E-state index contributed by atoms with van der Waals surface area (Å²) in [5, 5.41) is 16.0. The Morgan fingerprint density at radius 2 is 1.80 bits per heavy atom. The maximum Gasteiger partial charge on any atom is 0.214 e. The zero-order chi connectivity index (χ0) is 36.9. The summed E-state index contributed by atoms with van der Waals surface area (Å²) in [7, 11) is 1.00. The fourth-order valence-corrected chi connectivity index (χ4v) is 5.92. The lowest BCUT2D eigenvalue weighted by atomic mass is 9.87. The van der Waals surface area contributed by atoms with Gasteiger partial charge in [0.2, 0.25) is 5.88 Å². The van der Waals surface area contributed by atoms with Crippen LogP contribution in [0.3, 0.4) is 0 Å². The van der Waals surface area contributed by atoms with Crippen molar-refractivity contribution in [2.75, 3.05) is 20.3 Å². The van der Waals surface area contributed by atoms with Gasteiger partial charge in [0.05, 0.1) is 47.7 Å². The Hall–Kier alpha value is -5.49. The Labute approximate surface area is 294 Å². The molecule has 1 saturated heterocycles. The second-order valence-corrected chi connectivity index (χ2v) is 13.1. The number of benzene rings is 3. The number of carbonyl (C=O) groups is 1. The van der Waals surface area contributed by atoms with Crippen LogP contribution in [-0.2, 0) is 17.8 Å². The minimum Gasteiger partial charge on any atom is -0.473 e. The van der Waals surface area contributed by atoms with Crippen LogP contribution in [0.2, 0.25) is 0 Å². The number of halogens is 3. The highest BCUT2D eigenvalue weighted by Gasteiger charge is 2.39. The molecule has 0 radical (unpaired) electrons. The summed E-state index contributed by atoms with van der Waals surface area (Å²) in [6.07, 6.45) is 0.727. The van der Waals surface area contributed by atoms with E-state index in [9.17, 15) is 9.18 Å². The third-order valence-corrected chi connectivity index (χ3v) is 8.53. The van der Waals surface area contributed by atoms with Crippen molar-refractivity contribution < 1.29 is 32.5 Å². The van der Waals surface area contributed by atoms with E-state index in [0.29, 0.717) is 41.2 Å². The third kappa shape index (κ3) is 7.96. The first-order valence-electron chi connectivity index (χ1n) is 16.3. The Balaban J connectivity index is 0.00000248. The number of nitrogens with zero attached hydrogens (tertiary/aromatic N) is 4. The lowest BCUT2D eigenvalue weighted by Gasteiger charge is -2.28. The number of hydrogen-bond donors (Lipinski definition) is 1. The number of ether oxygens (including phenoxy) is 2. The van der Waals surface area contributed by atoms with Gasteiger partial charge in [-0.2, -0.15) is 5.26 Å². The quantitative estimate of drug-likeness (QED) is 0.132. The van der Waals surface area contributed by atoms with Crippen molar-refractivity contribution >= 4 is 17.3 Å². The molecule has 3 heterocycles. The number of hydrogen-bond acceptors (Lipinski definition) is 7. The number of aromatic nitrogens is 3. The van der Waals surface area contributed by atoms with Crippen LogP contribution in [0.15, 0.2) is 60.7 Å². The van der Waals surface area contributed by atoms with E-state index in [4.69, 9.17) is 24.8 Å². The summed E-state index contributed by atoms with van der Waals surface area (Å²) in [6, 6.07) is 16.1. The normalized spacial score (nSPS) is 14.7. The average molecular weight is 695 g/mol. The maximum atomic E-state index is 15.9. The fraction of sp³-hybridized carbons (Fsp3) is 0.300. The molecule has 0 spiro atoms. The second kappa shape index (κ2) is 15.6. The van der Waals surface area contributed by atoms with Crippen molar-refractivity contribution in [1.82, 2.24) is 14.5 Å². The van der Waals surface area contributed by atoms with Gasteiger partial charge in [-0.15, -0.1) is 0 Å². The first kappa shape index (κ1) is 36.8. The molecule has 3 aromatic carbocycles. The molecule has 1 unspecified atom stereocenters. The zero-order valence-electron chi connectivity index (χ0n) is 28.9. The third-order valence-electron chi connectivity index (χ3n) is 8.53. The number of fused-ring (bicyclic) bond motifs is 1. The van der Waals surface area contributed by atoms with E-state index < -0.39 is 17.5 Å². The minimum atomic E-state index is -0.696. The summed E-state index contributed by atoms with van der Waals surface area (Å²) >= 11 is 0. The van der Waals surface area contributed by atoms with Crippen LogP contribution in [0.4, 0.5) is 13.2 Å². The molecule has 2 aromatic heterocycles. The summed E-state index contributed by atoms with van der Waals surface area (Å²) in [6.45, 7) is 8.80. The van der Waals surface area contributed by atoms with Crippen molar-refractivity contribution in [2.45, 2.75) is 46.8 Å². The standard InChI is InChI=1S/C39H33F3N4O3.CH4O/c1-23(2)8-10-26-12-25(19-47)14-34-38(26)45-36(46(34)35-21-48-22-39(35,3)4)16-28-15-32(42)29(17-31(28)41)33-6-5-7-37(44-33)49-20-27-11-9-24(18-43)13-30(27)40;1-2/h5-7,9,11-15,17,19,23,35H,16,20-22H2,1-4H3;2H,1H3. The van der Waals surface area contributed by atoms with Gasteiger partial charge in [-0.05, 0) is 48.0 Å². The molecule has 11 heteroatoms. The molecule has 0 amide bonds. The second-order valence-electron chi connectivity index (χ2n) is 13.1. The first-order chi connectivity index (χ1) is 24.5. The maximum absolute atomic E-state index is 15.9. The Morgan fingerprint density at radius 3 is 2.47 bits per heavy atom. The van der Waals surface area contributed by atoms with Gasteiger partial charge in [-0.25, -0.2) is 23.1 Å². The van der Waals surface area contributed by atoms with Crippen molar-refractivity contribution in [3.63, 3.8) is 0 Å². The van der Waals surface area contributed by atoms with Gasteiger partial charge in [-0.3, -0.25) is 4.79 Å². The minimum absolute atomic E-state index is 0.0372. The van der Waals surface area contributed by atoms with Crippen LogP contribution in [0.5, 0.6) is 5.88 Å². The Bertz CT molecular complexity index is 2190.